The van der Waals surface area contributed by atoms with Gasteiger partial charge in [0, 0.05) is 5.69 Å². The molecule has 0 radical (unpaired) electrons. The van der Waals surface area contributed by atoms with E-state index >= 15 is 0 Å². The lowest BCUT2D eigenvalue weighted by atomic mass is 9.99. The summed E-state index contributed by atoms with van der Waals surface area (Å²) in [6, 6.07) is 19.6. The minimum Gasteiger partial charge on any atom is -0.395 e. The fourth-order valence-electron chi connectivity index (χ4n) is 2.39. The van der Waals surface area contributed by atoms with Crippen LogP contribution in [0.3, 0.4) is 0 Å². The first kappa shape index (κ1) is 13.7. The van der Waals surface area contributed by atoms with Crippen molar-refractivity contribution in [3.05, 3.63) is 76.8 Å². The molecule has 21 heavy (non-hydrogen) atoms. The predicted octanol–water partition coefficient (Wildman–Crippen LogP) is 3.05. The summed E-state index contributed by atoms with van der Waals surface area (Å²) in [6.45, 7) is -0.0313. The van der Waals surface area contributed by atoms with Gasteiger partial charge in [0.25, 0.3) is 0 Å². The number of para-hydroxylation sites is 1. The average Bonchev–Trinajstić information content (AvgIpc) is 2.92. The van der Waals surface area contributed by atoms with Crippen molar-refractivity contribution in [2.75, 3.05) is 6.61 Å². The number of nitrogens with one attached hydrogen (secondary N) is 1. The van der Waals surface area contributed by atoms with Crippen molar-refractivity contribution in [2.24, 2.45) is 0 Å². The van der Waals surface area contributed by atoms with Gasteiger partial charge in [0.1, 0.15) is 5.82 Å². The highest BCUT2D eigenvalue weighted by molar-refractivity contribution is 7.71. The van der Waals surface area contributed by atoms with Crippen LogP contribution in [0, 0.1) is 4.77 Å². The van der Waals surface area contributed by atoms with Crippen LogP contribution < -0.4 is 0 Å². The maximum absolute atomic E-state index is 9.81. The maximum Gasteiger partial charge on any atom is 0.199 e. The summed E-state index contributed by atoms with van der Waals surface area (Å²) in [6.07, 6.45) is 0. The minimum atomic E-state index is -0.223. The first-order valence-corrected chi connectivity index (χ1v) is 7.10. The van der Waals surface area contributed by atoms with Crippen LogP contribution in [0.1, 0.15) is 17.3 Å². The highest BCUT2D eigenvalue weighted by atomic mass is 32.1. The molecule has 3 aromatic rings. The Kier molecular flexibility index (Phi) is 3.94. The third kappa shape index (κ3) is 2.66. The van der Waals surface area contributed by atoms with E-state index in [0.29, 0.717) is 10.6 Å². The second-order valence-electron chi connectivity index (χ2n) is 4.70. The Morgan fingerprint density at radius 1 is 1.05 bits per heavy atom. The number of rotatable bonds is 4. The molecule has 2 aromatic carbocycles. The van der Waals surface area contributed by atoms with Gasteiger partial charge in [-0.3, -0.25) is 9.67 Å². The van der Waals surface area contributed by atoms with Gasteiger partial charge in [-0.1, -0.05) is 48.5 Å². The van der Waals surface area contributed by atoms with Crippen molar-refractivity contribution < 1.29 is 5.11 Å². The van der Waals surface area contributed by atoms with Crippen LogP contribution >= 0.6 is 12.2 Å². The highest BCUT2D eigenvalue weighted by Gasteiger charge is 2.20. The summed E-state index contributed by atoms with van der Waals surface area (Å²) in [5, 5.41) is 17.0. The number of nitrogens with zero attached hydrogens (tertiary/aromatic N) is 2. The molecule has 2 N–H and O–H groups in total. The zero-order valence-corrected chi connectivity index (χ0v) is 12.1. The number of aromatic amines is 1. The molecule has 0 bridgehead atoms. The van der Waals surface area contributed by atoms with E-state index in [4.69, 9.17) is 12.2 Å². The van der Waals surface area contributed by atoms with Crippen LogP contribution in [-0.4, -0.2) is 26.5 Å². The first-order valence-electron chi connectivity index (χ1n) is 6.70. The highest BCUT2D eigenvalue weighted by Crippen LogP contribution is 2.24. The third-order valence-corrected chi connectivity index (χ3v) is 3.68. The fourth-order valence-corrected chi connectivity index (χ4v) is 2.64. The van der Waals surface area contributed by atoms with E-state index in [1.165, 1.54) is 0 Å². The largest absolute Gasteiger partial charge is 0.395 e. The molecule has 0 aliphatic heterocycles. The molecule has 5 heteroatoms. The summed E-state index contributed by atoms with van der Waals surface area (Å²) in [4.78, 5) is 0. The Morgan fingerprint density at radius 2 is 1.67 bits per heavy atom. The molecule has 3 rings (SSSR count). The topological polar surface area (TPSA) is 53.8 Å². The van der Waals surface area contributed by atoms with Crippen molar-refractivity contribution in [3.63, 3.8) is 0 Å². The maximum atomic E-state index is 9.81. The molecule has 0 fully saturated rings. The Labute approximate surface area is 127 Å². The smallest absolute Gasteiger partial charge is 0.199 e. The minimum absolute atomic E-state index is 0.0313. The summed E-state index contributed by atoms with van der Waals surface area (Å²) in [5.74, 6) is 0.485. The molecule has 0 spiro atoms. The van der Waals surface area contributed by atoms with Gasteiger partial charge in [0.05, 0.1) is 12.5 Å². The number of aliphatic hydroxyl groups is 1. The molecular formula is C16H15N3OS. The van der Waals surface area contributed by atoms with Crippen LogP contribution in [0.2, 0.25) is 0 Å². The van der Waals surface area contributed by atoms with Crippen LogP contribution in [0.25, 0.3) is 5.69 Å². The van der Waals surface area contributed by atoms with Gasteiger partial charge in [0.15, 0.2) is 4.77 Å². The van der Waals surface area contributed by atoms with Crippen molar-refractivity contribution >= 4 is 12.2 Å². The van der Waals surface area contributed by atoms with E-state index in [1.807, 2.05) is 65.2 Å². The molecule has 0 saturated heterocycles. The van der Waals surface area contributed by atoms with E-state index in [2.05, 4.69) is 10.2 Å². The summed E-state index contributed by atoms with van der Waals surface area (Å²) >= 11 is 5.34. The number of hydrogen-bond donors (Lipinski definition) is 2. The fraction of sp³-hybridized carbons (Fsp3) is 0.125. The van der Waals surface area contributed by atoms with E-state index in [0.717, 1.165) is 11.3 Å². The number of benzene rings is 2. The third-order valence-electron chi connectivity index (χ3n) is 3.41. The van der Waals surface area contributed by atoms with Gasteiger partial charge >= 0.3 is 0 Å². The van der Waals surface area contributed by atoms with Crippen LogP contribution in [0.4, 0.5) is 0 Å². The first-order chi connectivity index (χ1) is 10.3. The van der Waals surface area contributed by atoms with Crippen LogP contribution in [-0.2, 0) is 0 Å². The van der Waals surface area contributed by atoms with E-state index < -0.39 is 0 Å². The lowest BCUT2D eigenvalue weighted by Crippen LogP contribution is -2.13. The Bertz CT molecular complexity index is 765. The lowest BCUT2D eigenvalue weighted by molar-refractivity contribution is 0.275. The standard InChI is InChI=1S/C16H15N3OS/c20-11-14(12-7-3-1-4-8-12)15-17-18-16(21)19(15)13-9-5-2-6-10-13/h1-10,14,20H,11H2,(H,18,21). The quantitative estimate of drug-likeness (QED) is 0.728. The second kappa shape index (κ2) is 6.03. The Morgan fingerprint density at radius 3 is 2.29 bits per heavy atom. The Balaban J connectivity index is 2.13. The number of hydrogen-bond acceptors (Lipinski definition) is 3. The van der Waals surface area contributed by atoms with Gasteiger partial charge in [-0.2, -0.15) is 5.10 Å². The van der Waals surface area contributed by atoms with Crippen molar-refractivity contribution in [2.45, 2.75) is 5.92 Å². The van der Waals surface area contributed by atoms with Gasteiger partial charge in [0.2, 0.25) is 0 Å². The molecule has 1 atom stereocenters. The van der Waals surface area contributed by atoms with E-state index in [9.17, 15) is 5.11 Å². The molecule has 1 aromatic heterocycles. The zero-order valence-electron chi connectivity index (χ0n) is 11.3. The number of aromatic nitrogens is 3. The SMILES string of the molecule is OCC(c1ccccc1)c1n[nH]c(=S)n1-c1ccccc1. The average molecular weight is 297 g/mol. The molecule has 0 aliphatic rings. The van der Waals surface area contributed by atoms with Gasteiger partial charge in [-0.05, 0) is 29.9 Å². The summed E-state index contributed by atoms with van der Waals surface area (Å²) in [5.41, 5.74) is 1.94. The van der Waals surface area contributed by atoms with E-state index in [1.54, 1.807) is 0 Å². The van der Waals surface area contributed by atoms with Crippen molar-refractivity contribution in [1.29, 1.82) is 0 Å². The number of H-pyrrole nitrogens is 1. The second-order valence-corrected chi connectivity index (χ2v) is 5.09. The van der Waals surface area contributed by atoms with Gasteiger partial charge < -0.3 is 5.11 Å². The molecule has 1 unspecified atom stereocenters. The molecular weight excluding hydrogens is 282 g/mol. The zero-order chi connectivity index (χ0) is 14.7. The Hall–Kier alpha value is -2.24. The van der Waals surface area contributed by atoms with Gasteiger partial charge in [-0.15, -0.1) is 0 Å². The number of aliphatic hydroxyl groups excluding tert-OH is 1. The molecule has 1 heterocycles. The monoisotopic (exact) mass is 297 g/mol. The predicted molar refractivity (Wildman–Crippen MR) is 84.1 cm³/mol. The lowest BCUT2D eigenvalue weighted by Gasteiger charge is -2.15. The normalized spacial score (nSPS) is 12.2. The summed E-state index contributed by atoms with van der Waals surface area (Å²) in [7, 11) is 0. The summed E-state index contributed by atoms with van der Waals surface area (Å²) < 4.78 is 2.38. The molecule has 0 saturated carbocycles. The van der Waals surface area contributed by atoms with Crippen LogP contribution in [0.15, 0.2) is 60.7 Å². The van der Waals surface area contributed by atoms with Gasteiger partial charge in [-0.25, -0.2) is 0 Å². The molecule has 0 amide bonds. The molecule has 4 nitrogen and oxygen atoms in total. The molecule has 0 aliphatic carbocycles. The van der Waals surface area contributed by atoms with E-state index in [-0.39, 0.29) is 12.5 Å². The van der Waals surface area contributed by atoms with Crippen molar-refractivity contribution in [1.82, 2.24) is 14.8 Å². The van der Waals surface area contributed by atoms with Crippen LogP contribution in [0.5, 0.6) is 0 Å². The molecule has 106 valence electrons. The van der Waals surface area contributed by atoms with Crippen molar-refractivity contribution in [3.8, 4) is 5.69 Å².